The first-order chi connectivity index (χ1) is 11.0. The molecular weight excluding hydrogens is 353 g/mol. The van der Waals surface area contributed by atoms with Crippen LogP contribution in [0.1, 0.15) is 30.3 Å². The Morgan fingerprint density at radius 1 is 1.39 bits per heavy atom. The average Bonchev–Trinajstić information content (AvgIpc) is 3.00. The lowest BCUT2D eigenvalue weighted by molar-refractivity contribution is 0.0921. The maximum absolute atomic E-state index is 12.4. The number of aromatic nitrogens is 1. The molecule has 0 radical (unpaired) electrons. The first-order valence-corrected chi connectivity index (χ1v) is 9.11. The highest BCUT2D eigenvalue weighted by Crippen LogP contribution is 2.30. The Morgan fingerprint density at radius 3 is 2.96 bits per heavy atom. The van der Waals surface area contributed by atoms with E-state index in [4.69, 9.17) is 23.2 Å². The molecule has 2 atom stereocenters. The van der Waals surface area contributed by atoms with E-state index in [1.807, 2.05) is 6.07 Å². The molecule has 23 heavy (non-hydrogen) atoms. The lowest BCUT2D eigenvalue weighted by Crippen LogP contribution is -2.46. The van der Waals surface area contributed by atoms with Crippen LogP contribution in [0.2, 0.25) is 10.0 Å². The highest BCUT2D eigenvalue weighted by Gasteiger charge is 2.21. The van der Waals surface area contributed by atoms with Gasteiger partial charge in [-0.1, -0.05) is 29.3 Å². The minimum Gasteiger partial charge on any atom is -0.348 e. The fourth-order valence-electron chi connectivity index (χ4n) is 2.66. The van der Waals surface area contributed by atoms with E-state index in [2.05, 4.69) is 22.5 Å². The van der Waals surface area contributed by atoms with Crippen molar-refractivity contribution in [2.45, 2.75) is 31.8 Å². The number of nitrogens with zero attached hydrogens (tertiary/aromatic N) is 1. The number of piperidine rings is 1. The van der Waals surface area contributed by atoms with E-state index >= 15 is 0 Å². The molecule has 1 aromatic carbocycles. The van der Waals surface area contributed by atoms with E-state index in [9.17, 15) is 4.79 Å². The molecule has 1 aromatic heterocycles. The number of thiazole rings is 1. The third kappa shape index (κ3) is 4.04. The second kappa shape index (κ2) is 7.18. The largest absolute Gasteiger partial charge is 0.348 e. The summed E-state index contributed by atoms with van der Waals surface area (Å²) >= 11 is 13.4. The van der Waals surface area contributed by atoms with Crippen molar-refractivity contribution in [3.8, 4) is 10.6 Å². The summed E-state index contributed by atoms with van der Waals surface area (Å²) in [5.41, 5.74) is 1.31. The predicted molar refractivity (Wildman–Crippen MR) is 95.5 cm³/mol. The van der Waals surface area contributed by atoms with Gasteiger partial charge in [-0.15, -0.1) is 11.3 Å². The first-order valence-electron chi connectivity index (χ1n) is 7.48. The Kier molecular flexibility index (Phi) is 5.21. The van der Waals surface area contributed by atoms with Gasteiger partial charge in [-0.05, 0) is 38.4 Å². The number of benzene rings is 1. The number of hydrogen-bond acceptors (Lipinski definition) is 4. The SMILES string of the molecule is CC1CC(NC(=O)c2csc(-c3ccc(Cl)c(Cl)c3)n2)CCN1. The van der Waals surface area contributed by atoms with Crippen molar-refractivity contribution in [3.63, 3.8) is 0 Å². The molecule has 0 bridgehead atoms. The van der Waals surface area contributed by atoms with E-state index in [-0.39, 0.29) is 11.9 Å². The van der Waals surface area contributed by atoms with Crippen LogP contribution in [0.5, 0.6) is 0 Å². The zero-order chi connectivity index (χ0) is 16.4. The number of hydrogen-bond donors (Lipinski definition) is 2. The third-order valence-corrected chi connectivity index (χ3v) is 5.49. The fourth-order valence-corrected chi connectivity index (χ4v) is 3.76. The molecule has 1 amide bonds. The molecular formula is C16H17Cl2N3OS. The van der Waals surface area contributed by atoms with E-state index in [1.165, 1.54) is 11.3 Å². The zero-order valence-corrected chi connectivity index (χ0v) is 14.9. The van der Waals surface area contributed by atoms with Crippen molar-refractivity contribution >= 4 is 40.4 Å². The molecule has 2 unspecified atom stereocenters. The second-order valence-electron chi connectivity index (χ2n) is 5.72. The topological polar surface area (TPSA) is 54.0 Å². The van der Waals surface area contributed by atoms with Gasteiger partial charge >= 0.3 is 0 Å². The molecule has 2 heterocycles. The molecule has 4 nitrogen and oxygen atoms in total. The summed E-state index contributed by atoms with van der Waals surface area (Å²) < 4.78 is 0. The highest BCUT2D eigenvalue weighted by atomic mass is 35.5. The molecule has 3 rings (SSSR count). The van der Waals surface area contributed by atoms with Crippen molar-refractivity contribution in [1.82, 2.24) is 15.6 Å². The Balaban J connectivity index is 1.70. The van der Waals surface area contributed by atoms with Crippen LogP contribution in [0.25, 0.3) is 10.6 Å². The third-order valence-electron chi connectivity index (χ3n) is 3.86. The van der Waals surface area contributed by atoms with Crippen molar-refractivity contribution < 1.29 is 4.79 Å². The molecule has 2 N–H and O–H groups in total. The quantitative estimate of drug-likeness (QED) is 0.859. The number of nitrogens with one attached hydrogen (secondary N) is 2. The van der Waals surface area contributed by atoms with E-state index < -0.39 is 0 Å². The van der Waals surface area contributed by atoms with Gasteiger partial charge in [-0.2, -0.15) is 0 Å². The van der Waals surface area contributed by atoms with Crippen LogP contribution < -0.4 is 10.6 Å². The normalized spacial score (nSPS) is 21.2. The predicted octanol–water partition coefficient (Wildman–Crippen LogP) is 3.99. The molecule has 1 aliphatic rings. The smallest absolute Gasteiger partial charge is 0.270 e. The van der Waals surface area contributed by atoms with Crippen molar-refractivity contribution in [3.05, 3.63) is 39.3 Å². The van der Waals surface area contributed by atoms with Gasteiger partial charge in [0.1, 0.15) is 10.7 Å². The Labute approximate surface area is 149 Å². The number of halogens is 2. The molecule has 7 heteroatoms. The standard InChI is InChI=1S/C16H17Cl2N3OS/c1-9-6-11(4-5-19-9)20-15(22)14-8-23-16(21-14)10-2-3-12(17)13(18)7-10/h2-3,7-9,11,19H,4-6H2,1H3,(H,20,22). The molecule has 122 valence electrons. The van der Waals surface area contributed by atoms with Crippen LogP contribution in [-0.4, -0.2) is 29.5 Å². The highest BCUT2D eigenvalue weighted by molar-refractivity contribution is 7.13. The van der Waals surface area contributed by atoms with Gasteiger partial charge in [0.25, 0.3) is 5.91 Å². The van der Waals surface area contributed by atoms with Crippen LogP contribution in [0.3, 0.4) is 0 Å². The van der Waals surface area contributed by atoms with Gasteiger partial charge in [0.15, 0.2) is 0 Å². The first kappa shape index (κ1) is 16.7. The molecule has 0 saturated carbocycles. The molecule has 1 fully saturated rings. The van der Waals surface area contributed by atoms with Gasteiger partial charge < -0.3 is 10.6 Å². The van der Waals surface area contributed by atoms with E-state index in [0.29, 0.717) is 21.8 Å². The van der Waals surface area contributed by atoms with Crippen LogP contribution >= 0.6 is 34.5 Å². The van der Waals surface area contributed by atoms with Crippen LogP contribution in [0, 0.1) is 0 Å². The van der Waals surface area contributed by atoms with Crippen LogP contribution in [0.4, 0.5) is 0 Å². The average molecular weight is 370 g/mol. The molecule has 1 aliphatic heterocycles. The summed E-state index contributed by atoms with van der Waals surface area (Å²) in [4.78, 5) is 16.8. The van der Waals surface area contributed by atoms with Crippen LogP contribution in [-0.2, 0) is 0 Å². The lowest BCUT2D eigenvalue weighted by atomic mass is 10.0. The Hall–Kier alpha value is -1.14. The maximum Gasteiger partial charge on any atom is 0.270 e. The number of amides is 1. The Morgan fingerprint density at radius 2 is 2.22 bits per heavy atom. The summed E-state index contributed by atoms with van der Waals surface area (Å²) in [6.07, 6.45) is 1.88. The number of rotatable bonds is 3. The molecule has 0 aliphatic carbocycles. The van der Waals surface area contributed by atoms with E-state index in [0.717, 1.165) is 30.0 Å². The van der Waals surface area contributed by atoms with Crippen LogP contribution in [0.15, 0.2) is 23.6 Å². The van der Waals surface area contributed by atoms with Crippen molar-refractivity contribution in [1.29, 1.82) is 0 Å². The van der Waals surface area contributed by atoms with Crippen molar-refractivity contribution in [2.75, 3.05) is 6.54 Å². The molecule has 0 spiro atoms. The monoisotopic (exact) mass is 369 g/mol. The van der Waals surface area contributed by atoms with Gasteiger partial charge in [0.2, 0.25) is 0 Å². The summed E-state index contributed by atoms with van der Waals surface area (Å²) in [5.74, 6) is -0.119. The lowest BCUT2D eigenvalue weighted by Gasteiger charge is -2.28. The van der Waals surface area contributed by atoms with Gasteiger partial charge in [-0.25, -0.2) is 4.98 Å². The summed E-state index contributed by atoms with van der Waals surface area (Å²) in [6.45, 7) is 3.06. The summed E-state index contributed by atoms with van der Waals surface area (Å²) in [6, 6.07) is 5.98. The minimum atomic E-state index is -0.119. The molecule has 1 saturated heterocycles. The van der Waals surface area contributed by atoms with E-state index in [1.54, 1.807) is 17.5 Å². The van der Waals surface area contributed by atoms with Gasteiger partial charge in [0, 0.05) is 23.0 Å². The second-order valence-corrected chi connectivity index (χ2v) is 7.39. The van der Waals surface area contributed by atoms with Gasteiger partial charge in [-0.3, -0.25) is 4.79 Å². The number of carbonyl (C=O) groups is 1. The zero-order valence-electron chi connectivity index (χ0n) is 12.6. The maximum atomic E-state index is 12.4. The Bertz CT molecular complexity index is 719. The summed E-state index contributed by atoms with van der Waals surface area (Å²) in [5, 5.41) is 9.96. The van der Waals surface area contributed by atoms with Gasteiger partial charge in [0.05, 0.1) is 10.0 Å². The summed E-state index contributed by atoms with van der Waals surface area (Å²) in [7, 11) is 0. The van der Waals surface area contributed by atoms with Crippen molar-refractivity contribution in [2.24, 2.45) is 0 Å². The minimum absolute atomic E-state index is 0.119. The number of carbonyl (C=O) groups excluding carboxylic acids is 1. The fraction of sp³-hybridized carbons (Fsp3) is 0.375. The molecule has 2 aromatic rings.